The first kappa shape index (κ1) is 10.5. The van der Waals surface area contributed by atoms with Gasteiger partial charge in [-0.2, -0.15) is 0 Å². The molecule has 1 aromatic heterocycles. The lowest BCUT2D eigenvalue weighted by molar-refractivity contribution is 1.27. The number of hydrogen-bond donors (Lipinski definition) is 1. The van der Waals surface area contributed by atoms with Crippen LogP contribution in [-0.4, -0.2) is 4.98 Å². The maximum Gasteiger partial charge on any atom is 0.134 e. The van der Waals surface area contributed by atoms with Crippen LogP contribution in [0.3, 0.4) is 0 Å². The van der Waals surface area contributed by atoms with Crippen molar-refractivity contribution in [1.29, 1.82) is 0 Å². The smallest absolute Gasteiger partial charge is 0.134 e. The molecule has 78 valence electrons. The van der Waals surface area contributed by atoms with Crippen LogP contribution < -0.4 is 5.73 Å². The van der Waals surface area contributed by atoms with Gasteiger partial charge in [-0.3, -0.25) is 0 Å². The molecular weight excluding hydrogens is 224 g/mol. The number of nitrogen functional groups attached to an aromatic ring is 1. The summed E-state index contributed by atoms with van der Waals surface area (Å²) in [6.07, 6.45) is 0. The molecule has 2 aromatic rings. The van der Waals surface area contributed by atoms with Crippen LogP contribution in [0.1, 0.15) is 10.6 Å². The number of aromatic nitrogens is 1. The van der Waals surface area contributed by atoms with Crippen molar-refractivity contribution in [3.63, 3.8) is 0 Å². The zero-order chi connectivity index (χ0) is 10.7. The van der Waals surface area contributed by atoms with Crippen LogP contribution in [0.25, 0.3) is 0 Å². The van der Waals surface area contributed by atoms with Gasteiger partial charge in [0.2, 0.25) is 0 Å². The fourth-order valence-electron chi connectivity index (χ4n) is 1.17. The molecule has 0 spiro atoms. The van der Waals surface area contributed by atoms with Crippen molar-refractivity contribution >= 4 is 28.9 Å². The predicted octanol–water partition coefficient (Wildman–Crippen LogP) is 3.33. The summed E-state index contributed by atoms with van der Waals surface area (Å²) >= 11 is 3.40. The highest BCUT2D eigenvalue weighted by Gasteiger charge is 2.00. The molecular formula is C11H12N2S2. The highest BCUT2D eigenvalue weighted by Crippen LogP contribution is 2.24. The lowest BCUT2D eigenvalue weighted by Gasteiger charge is -1.99. The van der Waals surface area contributed by atoms with E-state index in [9.17, 15) is 0 Å². The van der Waals surface area contributed by atoms with Gasteiger partial charge in [0, 0.05) is 10.3 Å². The van der Waals surface area contributed by atoms with Crippen LogP contribution in [-0.2, 0) is 5.75 Å². The highest BCUT2D eigenvalue weighted by atomic mass is 32.2. The maximum absolute atomic E-state index is 5.56. The van der Waals surface area contributed by atoms with Crippen molar-refractivity contribution in [1.82, 2.24) is 4.98 Å². The number of hydrogen-bond acceptors (Lipinski definition) is 4. The molecule has 2 rings (SSSR count). The minimum atomic E-state index is 0.625. The zero-order valence-electron chi connectivity index (χ0n) is 8.43. The summed E-state index contributed by atoms with van der Waals surface area (Å²) in [5, 5.41) is 2.96. The van der Waals surface area contributed by atoms with Crippen LogP contribution in [0.4, 0.5) is 5.82 Å². The van der Waals surface area contributed by atoms with E-state index in [1.807, 2.05) is 5.38 Å². The number of thioether (sulfide) groups is 1. The van der Waals surface area contributed by atoms with Gasteiger partial charge < -0.3 is 5.73 Å². The largest absolute Gasteiger partial charge is 0.383 e. The van der Waals surface area contributed by atoms with Crippen LogP contribution in [0.15, 0.2) is 34.5 Å². The van der Waals surface area contributed by atoms with E-state index in [1.165, 1.54) is 10.5 Å². The summed E-state index contributed by atoms with van der Waals surface area (Å²) in [5.74, 6) is 1.52. The van der Waals surface area contributed by atoms with Crippen molar-refractivity contribution in [3.05, 3.63) is 40.2 Å². The van der Waals surface area contributed by atoms with E-state index >= 15 is 0 Å². The summed E-state index contributed by atoms with van der Waals surface area (Å²) in [6, 6.07) is 8.52. The summed E-state index contributed by atoms with van der Waals surface area (Å²) < 4.78 is 0. The van der Waals surface area contributed by atoms with Crippen molar-refractivity contribution < 1.29 is 0 Å². The number of nitrogens with zero attached hydrogens (tertiary/aromatic N) is 1. The average Bonchev–Trinajstić information content (AvgIpc) is 2.64. The normalized spacial score (nSPS) is 10.5. The number of nitrogens with two attached hydrogens (primary N) is 1. The van der Waals surface area contributed by atoms with Crippen LogP contribution in [0.5, 0.6) is 0 Å². The van der Waals surface area contributed by atoms with Gasteiger partial charge in [-0.25, -0.2) is 4.98 Å². The van der Waals surface area contributed by atoms with Gasteiger partial charge >= 0.3 is 0 Å². The van der Waals surface area contributed by atoms with Crippen LogP contribution in [0.2, 0.25) is 0 Å². The molecule has 0 aliphatic carbocycles. The number of benzene rings is 1. The molecule has 0 atom stereocenters. The Morgan fingerprint density at radius 1 is 1.33 bits per heavy atom. The minimum absolute atomic E-state index is 0.625. The highest BCUT2D eigenvalue weighted by molar-refractivity contribution is 7.98. The summed E-state index contributed by atoms with van der Waals surface area (Å²) in [5.41, 5.74) is 6.85. The number of aryl methyl sites for hydroxylation is 1. The van der Waals surface area contributed by atoms with Crippen molar-refractivity contribution in [3.8, 4) is 0 Å². The molecule has 0 radical (unpaired) electrons. The molecule has 4 heteroatoms. The van der Waals surface area contributed by atoms with E-state index in [-0.39, 0.29) is 0 Å². The van der Waals surface area contributed by atoms with Crippen LogP contribution in [0, 0.1) is 6.92 Å². The topological polar surface area (TPSA) is 38.9 Å². The van der Waals surface area contributed by atoms with Gasteiger partial charge in [-0.05, 0) is 19.1 Å². The molecule has 0 amide bonds. The summed E-state index contributed by atoms with van der Waals surface area (Å²) in [4.78, 5) is 5.49. The van der Waals surface area contributed by atoms with E-state index in [0.717, 1.165) is 10.8 Å². The standard InChI is InChI=1S/C11H12N2S2/c1-8-2-4-9(5-3-8)14-7-11-13-10(12)6-15-11/h2-6H,7,12H2,1H3. The van der Waals surface area contributed by atoms with E-state index in [4.69, 9.17) is 5.73 Å². The number of rotatable bonds is 3. The summed E-state index contributed by atoms with van der Waals surface area (Å²) in [7, 11) is 0. The first-order valence-electron chi connectivity index (χ1n) is 4.63. The third-order valence-electron chi connectivity index (χ3n) is 1.95. The molecule has 2 nitrogen and oxygen atoms in total. The first-order chi connectivity index (χ1) is 7.24. The van der Waals surface area contributed by atoms with Gasteiger partial charge in [0.15, 0.2) is 0 Å². The predicted molar refractivity (Wildman–Crippen MR) is 67.3 cm³/mol. The molecule has 0 aliphatic rings. The average molecular weight is 236 g/mol. The number of anilines is 1. The SMILES string of the molecule is Cc1ccc(SCc2nc(N)cs2)cc1. The molecule has 0 fully saturated rings. The fourth-order valence-corrected chi connectivity index (χ4v) is 2.77. The fraction of sp³-hybridized carbons (Fsp3) is 0.182. The lowest BCUT2D eigenvalue weighted by atomic mass is 10.2. The van der Waals surface area contributed by atoms with Crippen molar-refractivity contribution in [2.45, 2.75) is 17.6 Å². The van der Waals surface area contributed by atoms with E-state index in [1.54, 1.807) is 23.1 Å². The van der Waals surface area contributed by atoms with E-state index < -0.39 is 0 Å². The molecule has 2 N–H and O–H groups in total. The Kier molecular flexibility index (Phi) is 3.28. The molecule has 0 saturated heterocycles. The second kappa shape index (κ2) is 4.68. The third kappa shape index (κ3) is 2.97. The molecule has 1 heterocycles. The first-order valence-corrected chi connectivity index (χ1v) is 6.50. The molecule has 0 bridgehead atoms. The Hall–Kier alpha value is -1.00. The Morgan fingerprint density at radius 3 is 2.67 bits per heavy atom. The molecule has 0 aliphatic heterocycles. The van der Waals surface area contributed by atoms with Gasteiger partial charge in [-0.15, -0.1) is 23.1 Å². The molecule has 0 saturated carbocycles. The Labute approximate surface area is 97.5 Å². The molecule has 0 unspecified atom stereocenters. The maximum atomic E-state index is 5.56. The summed E-state index contributed by atoms with van der Waals surface area (Å²) in [6.45, 7) is 2.09. The van der Waals surface area contributed by atoms with Gasteiger partial charge in [0.05, 0.1) is 5.75 Å². The van der Waals surface area contributed by atoms with E-state index in [0.29, 0.717) is 5.82 Å². The zero-order valence-corrected chi connectivity index (χ0v) is 10.1. The monoisotopic (exact) mass is 236 g/mol. The molecule has 15 heavy (non-hydrogen) atoms. The van der Waals surface area contributed by atoms with E-state index in [2.05, 4.69) is 36.2 Å². The lowest BCUT2D eigenvalue weighted by Crippen LogP contribution is -1.84. The second-order valence-corrected chi connectivity index (χ2v) is 5.26. The Morgan fingerprint density at radius 2 is 2.07 bits per heavy atom. The Bertz CT molecular complexity index is 434. The molecule has 1 aromatic carbocycles. The minimum Gasteiger partial charge on any atom is -0.383 e. The van der Waals surface area contributed by atoms with Gasteiger partial charge in [0.1, 0.15) is 10.8 Å². The quantitative estimate of drug-likeness (QED) is 0.831. The van der Waals surface area contributed by atoms with Crippen LogP contribution >= 0.6 is 23.1 Å². The second-order valence-electron chi connectivity index (χ2n) is 3.27. The van der Waals surface area contributed by atoms with Crippen molar-refractivity contribution in [2.75, 3.05) is 5.73 Å². The number of thiazole rings is 1. The van der Waals surface area contributed by atoms with Crippen molar-refractivity contribution in [2.24, 2.45) is 0 Å². The Balaban J connectivity index is 1.96. The van der Waals surface area contributed by atoms with Gasteiger partial charge in [-0.1, -0.05) is 17.7 Å². The van der Waals surface area contributed by atoms with Gasteiger partial charge in [0.25, 0.3) is 0 Å². The third-order valence-corrected chi connectivity index (χ3v) is 4.03.